The number of aryl methyl sites for hydroxylation is 1. The standard InChI is InChI=1S/C19H18N2O2S/c22-18(11-10-16-8-4-12-24-16)20-21-19(23)13-15-7-3-6-14-5-1-2-9-17(14)15/h1-9,12H,10-11,13H2,(H,20,22)(H,21,23). The number of amides is 2. The van der Waals surface area contributed by atoms with Crippen molar-refractivity contribution < 1.29 is 9.59 Å². The molecule has 24 heavy (non-hydrogen) atoms. The maximum Gasteiger partial charge on any atom is 0.242 e. The third-order valence-electron chi connectivity index (χ3n) is 3.75. The number of hydrogen-bond donors (Lipinski definition) is 2. The van der Waals surface area contributed by atoms with Crippen LogP contribution in [0.4, 0.5) is 0 Å². The van der Waals surface area contributed by atoms with Crippen molar-refractivity contribution in [1.29, 1.82) is 0 Å². The zero-order valence-electron chi connectivity index (χ0n) is 13.1. The van der Waals surface area contributed by atoms with E-state index in [0.29, 0.717) is 12.8 Å². The van der Waals surface area contributed by atoms with Crippen molar-refractivity contribution in [1.82, 2.24) is 10.9 Å². The number of nitrogens with one attached hydrogen (secondary N) is 2. The highest BCUT2D eigenvalue weighted by Gasteiger charge is 2.08. The summed E-state index contributed by atoms with van der Waals surface area (Å²) in [5.74, 6) is -0.412. The predicted octanol–water partition coefficient (Wildman–Crippen LogP) is 3.22. The van der Waals surface area contributed by atoms with Crippen molar-refractivity contribution in [2.24, 2.45) is 0 Å². The Morgan fingerprint density at radius 2 is 1.67 bits per heavy atom. The fourth-order valence-electron chi connectivity index (χ4n) is 2.56. The topological polar surface area (TPSA) is 58.2 Å². The van der Waals surface area contributed by atoms with E-state index in [1.165, 1.54) is 0 Å². The highest BCUT2D eigenvalue weighted by molar-refractivity contribution is 7.09. The normalized spacial score (nSPS) is 10.5. The summed E-state index contributed by atoms with van der Waals surface area (Å²) in [7, 11) is 0. The van der Waals surface area contributed by atoms with Gasteiger partial charge < -0.3 is 0 Å². The second-order valence-corrected chi connectivity index (χ2v) is 6.52. The van der Waals surface area contributed by atoms with Crippen LogP contribution in [-0.4, -0.2) is 11.8 Å². The van der Waals surface area contributed by atoms with Gasteiger partial charge in [0.2, 0.25) is 11.8 Å². The number of hydrogen-bond acceptors (Lipinski definition) is 3. The fourth-order valence-corrected chi connectivity index (χ4v) is 3.27. The van der Waals surface area contributed by atoms with E-state index in [2.05, 4.69) is 10.9 Å². The van der Waals surface area contributed by atoms with Gasteiger partial charge >= 0.3 is 0 Å². The summed E-state index contributed by atoms with van der Waals surface area (Å²) in [6.45, 7) is 0. The van der Waals surface area contributed by atoms with Crippen molar-refractivity contribution in [3.05, 3.63) is 70.4 Å². The summed E-state index contributed by atoms with van der Waals surface area (Å²) in [5.41, 5.74) is 5.91. The van der Waals surface area contributed by atoms with Crippen LogP contribution in [0.15, 0.2) is 60.0 Å². The molecule has 3 aromatic rings. The van der Waals surface area contributed by atoms with Crippen LogP contribution >= 0.6 is 11.3 Å². The Morgan fingerprint density at radius 1 is 0.875 bits per heavy atom. The molecule has 2 N–H and O–H groups in total. The molecule has 0 radical (unpaired) electrons. The van der Waals surface area contributed by atoms with E-state index >= 15 is 0 Å². The quantitative estimate of drug-likeness (QED) is 0.702. The zero-order chi connectivity index (χ0) is 16.8. The molecule has 5 heteroatoms. The summed E-state index contributed by atoms with van der Waals surface area (Å²) in [4.78, 5) is 25.0. The molecule has 0 aliphatic heterocycles. The average molecular weight is 338 g/mol. The molecule has 1 heterocycles. The van der Waals surface area contributed by atoms with Crippen molar-refractivity contribution in [2.75, 3.05) is 0 Å². The van der Waals surface area contributed by atoms with E-state index < -0.39 is 0 Å². The minimum atomic E-state index is -0.226. The SMILES string of the molecule is O=C(CCc1cccs1)NNC(=O)Cc1cccc2ccccc12. The van der Waals surface area contributed by atoms with E-state index in [9.17, 15) is 9.59 Å². The van der Waals surface area contributed by atoms with Crippen LogP contribution in [0.5, 0.6) is 0 Å². The molecule has 122 valence electrons. The van der Waals surface area contributed by atoms with Gasteiger partial charge in [-0.3, -0.25) is 20.4 Å². The number of hydrazine groups is 1. The molecule has 4 nitrogen and oxygen atoms in total. The van der Waals surface area contributed by atoms with E-state index in [1.807, 2.05) is 60.0 Å². The van der Waals surface area contributed by atoms with E-state index in [1.54, 1.807) is 11.3 Å². The first-order chi connectivity index (χ1) is 11.7. The summed E-state index contributed by atoms with van der Waals surface area (Å²) in [5, 5.41) is 4.14. The molecule has 0 bridgehead atoms. The molecule has 2 aromatic carbocycles. The van der Waals surface area contributed by atoms with Gasteiger partial charge in [0, 0.05) is 11.3 Å². The summed E-state index contributed by atoms with van der Waals surface area (Å²) >= 11 is 1.62. The van der Waals surface area contributed by atoms with Gasteiger partial charge in [0.15, 0.2) is 0 Å². The summed E-state index contributed by atoms with van der Waals surface area (Å²) in [6.07, 6.45) is 1.27. The molecule has 0 saturated heterocycles. The van der Waals surface area contributed by atoms with Crippen molar-refractivity contribution >= 4 is 33.9 Å². The third-order valence-corrected chi connectivity index (χ3v) is 4.69. The monoisotopic (exact) mass is 338 g/mol. The van der Waals surface area contributed by atoms with Gasteiger partial charge in [-0.25, -0.2) is 0 Å². The lowest BCUT2D eigenvalue weighted by atomic mass is 10.0. The van der Waals surface area contributed by atoms with Crippen LogP contribution in [0.1, 0.15) is 16.9 Å². The van der Waals surface area contributed by atoms with Crippen molar-refractivity contribution in [3.8, 4) is 0 Å². The lowest BCUT2D eigenvalue weighted by molar-refractivity contribution is -0.128. The first-order valence-electron chi connectivity index (χ1n) is 7.79. The summed E-state index contributed by atoms with van der Waals surface area (Å²) in [6, 6.07) is 17.8. The maximum absolute atomic E-state index is 12.1. The highest BCUT2D eigenvalue weighted by atomic mass is 32.1. The molecule has 0 fully saturated rings. The fraction of sp³-hybridized carbons (Fsp3) is 0.158. The zero-order valence-corrected chi connectivity index (χ0v) is 13.9. The molecule has 0 spiro atoms. The van der Waals surface area contributed by atoms with Crippen LogP contribution < -0.4 is 10.9 Å². The lowest BCUT2D eigenvalue weighted by Crippen LogP contribution is -2.42. The van der Waals surface area contributed by atoms with Crippen LogP contribution in [0.25, 0.3) is 10.8 Å². The number of thiophene rings is 1. The largest absolute Gasteiger partial charge is 0.273 e. The molecule has 1 aromatic heterocycles. The predicted molar refractivity (Wildman–Crippen MR) is 96.6 cm³/mol. The maximum atomic E-state index is 12.1. The Hall–Kier alpha value is -2.66. The molecule has 0 aliphatic rings. The van der Waals surface area contributed by atoms with Crippen LogP contribution in [0.3, 0.4) is 0 Å². The van der Waals surface area contributed by atoms with Crippen LogP contribution in [0, 0.1) is 0 Å². The summed E-state index contributed by atoms with van der Waals surface area (Å²) < 4.78 is 0. The minimum absolute atomic E-state index is 0.185. The number of fused-ring (bicyclic) bond motifs is 1. The van der Waals surface area contributed by atoms with Gasteiger partial charge in [-0.1, -0.05) is 48.5 Å². The smallest absolute Gasteiger partial charge is 0.242 e. The first kappa shape index (κ1) is 16.2. The van der Waals surface area contributed by atoms with E-state index in [-0.39, 0.29) is 18.2 Å². The Morgan fingerprint density at radius 3 is 2.50 bits per heavy atom. The van der Waals surface area contributed by atoms with E-state index in [4.69, 9.17) is 0 Å². The highest BCUT2D eigenvalue weighted by Crippen LogP contribution is 2.18. The number of carbonyl (C=O) groups excluding carboxylic acids is 2. The van der Waals surface area contributed by atoms with Crippen molar-refractivity contribution in [3.63, 3.8) is 0 Å². The number of benzene rings is 2. The van der Waals surface area contributed by atoms with Crippen molar-refractivity contribution in [2.45, 2.75) is 19.3 Å². The van der Waals surface area contributed by atoms with Gasteiger partial charge in [-0.15, -0.1) is 11.3 Å². The van der Waals surface area contributed by atoms with Crippen LogP contribution in [-0.2, 0) is 22.4 Å². The van der Waals surface area contributed by atoms with Gasteiger partial charge in [0.25, 0.3) is 0 Å². The second kappa shape index (κ2) is 7.75. The van der Waals surface area contributed by atoms with Gasteiger partial charge in [-0.2, -0.15) is 0 Å². The Balaban J connectivity index is 1.51. The molecule has 0 unspecified atom stereocenters. The van der Waals surface area contributed by atoms with E-state index in [0.717, 1.165) is 21.2 Å². The Kier molecular flexibility index (Phi) is 5.23. The molecule has 3 rings (SSSR count). The molecular formula is C19H18N2O2S. The van der Waals surface area contributed by atoms with Gasteiger partial charge in [0.1, 0.15) is 0 Å². The Labute approximate surface area is 144 Å². The molecule has 0 atom stereocenters. The third kappa shape index (κ3) is 4.20. The number of rotatable bonds is 5. The van der Waals surface area contributed by atoms with Gasteiger partial charge in [0.05, 0.1) is 6.42 Å². The minimum Gasteiger partial charge on any atom is -0.273 e. The molecule has 0 aliphatic carbocycles. The Bertz CT molecular complexity index is 838. The second-order valence-electron chi connectivity index (χ2n) is 5.49. The average Bonchev–Trinajstić information content (AvgIpc) is 3.12. The number of carbonyl (C=O) groups is 2. The first-order valence-corrected chi connectivity index (χ1v) is 8.67. The lowest BCUT2D eigenvalue weighted by Gasteiger charge is -2.09. The molecule has 0 saturated carbocycles. The molecular weight excluding hydrogens is 320 g/mol. The molecule has 2 amide bonds. The van der Waals surface area contributed by atoms with Crippen LogP contribution in [0.2, 0.25) is 0 Å². The van der Waals surface area contributed by atoms with Gasteiger partial charge in [-0.05, 0) is 34.2 Å².